The van der Waals surface area contributed by atoms with Crippen LogP contribution < -0.4 is 0 Å². The zero-order valence-corrected chi connectivity index (χ0v) is 12.5. The second-order valence-corrected chi connectivity index (χ2v) is 6.35. The SMILES string of the molecule is CCCC1(C)OB(C2=CCN(C)CC2)OC1(C)C. The maximum atomic E-state index is 6.27. The first-order chi connectivity index (χ1) is 8.38. The van der Waals surface area contributed by atoms with Gasteiger partial charge in [0.15, 0.2) is 0 Å². The molecule has 2 heterocycles. The van der Waals surface area contributed by atoms with Crippen LogP contribution in [0, 0.1) is 0 Å². The molecule has 0 aromatic rings. The van der Waals surface area contributed by atoms with E-state index in [2.05, 4.69) is 45.7 Å². The van der Waals surface area contributed by atoms with Gasteiger partial charge in [0.25, 0.3) is 0 Å². The number of hydrogen-bond acceptors (Lipinski definition) is 3. The second kappa shape index (κ2) is 4.99. The highest BCUT2D eigenvalue weighted by atomic mass is 16.7. The Kier molecular flexibility index (Phi) is 3.91. The summed E-state index contributed by atoms with van der Waals surface area (Å²) in [5.41, 5.74) is 0.940. The van der Waals surface area contributed by atoms with Gasteiger partial charge < -0.3 is 14.2 Å². The van der Waals surface area contributed by atoms with Crippen molar-refractivity contribution < 1.29 is 9.31 Å². The Morgan fingerprint density at radius 3 is 2.61 bits per heavy atom. The first-order valence-electron chi connectivity index (χ1n) is 7.11. The van der Waals surface area contributed by atoms with Gasteiger partial charge in [0.1, 0.15) is 0 Å². The van der Waals surface area contributed by atoms with Crippen molar-refractivity contribution >= 4 is 7.12 Å². The van der Waals surface area contributed by atoms with Crippen LogP contribution in [0.5, 0.6) is 0 Å². The monoisotopic (exact) mass is 251 g/mol. The normalized spacial score (nSPS) is 32.7. The topological polar surface area (TPSA) is 21.7 Å². The molecule has 0 N–H and O–H groups in total. The van der Waals surface area contributed by atoms with Crippen LogP contribution in [-0.4, -0.2) is 43.4 Å². The van der Waals surface area contributed by atoms with Gasteiger partial charge in [0.2, 0.25) is 0 Å². The van der Waals surface area contributed by atoms with Crippen LogP contribution in [-0.2, 0) is 9.31 Å². The lowest BCUT2D eigenvalue weighted by atomic mass is 9.75. The standard InChI is InChI=1S/C14H26BNO2/c1-6-9-14(4)13(2,3)17-15(18-14)12-7-10-16(5)11-8-12/h7H,6,8-11H2,1-5H3. The van der Waals surface area contributed by atoms with Crippen molar-refractivity contribution in [3.05, 3.63) is 11.5 Å². The predicted octanol–water partition coefficient (Wildman–Crippen LogP) is 2.66. The number of nitrogens with zero attached hydrogens (tertiary/aromatic N) is 1. The van der Waals surface area contributed by atoms with Crippen molar-refractivity contribution in [1.82, 2.24) is 4.90 Å². The largest absolute Gasteiger partial charge is 0.490 e. The van der Waals surface area contributed by atoms with Gasteiger partial charge >= 0.3 is 7.12 Å². The van der Waals surface area contributed by atoms with Crippen molar-refractivity contribution in [1.29, 1.82) is 0 Å². The van der Waals surface area contributed by atoms with Gasteiger partial charge in [-0.25, -0.2) is 0 Å². The van der Waals surface area contributed by atoms with Crippen LogP contribution in [0.2, 0.25) is 0 Å². The van der Waals surface area contributed by atoms with Crippen molar-refractivity contribution in [3.63, 3.8) is 0 Å². The molecule has 0 spiro atoms. The van der Waals surface area contributed by atoms with Crippen LogP contribution in [0.3, 0.4) is 0 Å². The fourth-order valence-corrected chi connectivity index (χ4v) is 2.78. The molecular formula is C14H26BNO2. The van der Waals surface area contributed by atoms with E-state index in [1.807, 2.05) is 0 Å². The Labute approximate surface area is 112 Å². The van der Waals surface area contributed by atoms with Gasteiger partial charge in [0, 0.05) is 13.1 Å². The third-order valence-corrected chi connectivity index (χ3v) is 4.52. The maximum Gasteiger partial charge on any atom is 0.490 e. The predicted molar refractivity (Wildman–Crippen MR) is 75.5 cm³/mol. The summed E-state index contributed by atoms with van der Waals surface area (Å²) in [7, 11) is 2.01. The summed E-state index contributed by atoms with van der Waals surface area (Å²) in [6.45, 7) is 10.8. The minimum absolute atomic E-state index is 0.134. The molecule has 0 amide bonds. The van der Waals surface area contributed by atoms with Gasteiger partial charge in [-0.05, 0) is 46.1 Å². The first-order valence-corrected chi connectivity index (χ1v) is 7.11. The van der Waals surface area contributed by atoms with E-state index < -0.39 is 0 Å². The van der Waals surface area contributed by atoms with E-state index in [9.17, 15) is 0 Å². The Balaban J connectivity index is 2.10. The summed E-state index contributed by atoms with van der Waals surface area (Å²) in [4.78, 5) is 2.31. The lowest BCUT2D eigenvalue weighted by molar-refractivity contribution is -0.0159. The third kappa shape index (κ3) is 2.51. The van der Waals surface area contributed by atoms with E-state index in [0.29, 0.717) is 0 Å². The number of rotatable bonds is 3. The highest BCUT2D eigenvalue weighted by Gasteiger charge is 2.54. The summed E-state index contributed by atoms with van der Waals surface area (Å²) in [5.74, 6) is 0. The average molecular weight is 251 g/mol. The van der Waals surface area contributed by atoms with E-state index in [0.717, 1.165) is 32.4 Å². The molecule has 1 unspecified atom stereocenters. The molecule has 18 heavy (non-hydrogen) atoms. The van der Waals surface area contributed by atoms with E-state index in [-0.39, 0.29) is 18.3 Å². The fraction of sp³-hybridized carbons (Fsp3) is 0.857. The summed E-state index contributed by atoms with van der Waals surface area (Å²) in [6.07, 6.45) is 5.49. The molecule has 0 aliphatic carbocycles. The Morgan fingerprint density at radius 2 is 2.06 bits per heavy atom. The van der Waals surface area contributed by atoms with Crippen molar-refractivity contribution in [2.45, 2.75) is 58.2 Å². The summed E-state index contributed by atoms with van der Waals surface area (Å²) < 4.78 is 12.5. The summed E-state index contributed by atoms with van der Waals surface area (Å²) in [5, 5.41) is 0. The zero-order chi connectivity index (χ0) is 13.4. The molecule has 1 fully saturated rings. The summed E-state index contributed by atoms with van der Waals surface area (Å²) >= 11 is 0. The molecule has 0 saturated carbocycles. The minimum Gasteiger partial charge on any atom is -0.400 e. The van der Waals surface area contributed by atoms with Crippen LogP contribution in [0.15, 0.2) is 11.5 Å². The molecule has 2 aliphatic rings. The molecular weight excluding hydrogens is 225 g/mol. The molecule has 0 aromatic heterocycles. The van der Waals surface area contributed by atoms with Crippen molar-refractivity contribution in [3.8, 4) is 0 Å². The minimum atomic E-state index is -0.210. The van der Waals surface area contributed by atoms with E-state index >= 15 is 0 Å². The lowest BCUT2D eigenvalue weighted by Crippen LogP contribution is -2.44. The van der Waals surface area contributed by atoms with Crippen LogP contribution >= 0.6 is 0 Å². The first kappa shape index (κ1) is 14.1. The zero-order valence-electron chi connectivity index (χ0n) is 12.5. The molecule has 4 heteroatoms. The van der Waals surface area contributed by atoms with Crippen LogP contribution in [0.4, 0.5) is 0 Å². The molecule has 0 aromatic carbocycles. The quantitative estimate of drug-likeness (QED) is 0.720. The highest BCUT2D eigenvalue weighted by Crippen LogP contribution is 2.42. The van der Waals surface area contributed by atoms with E-state index in [1.54, 1.807) is 0 Å². The molecule has 0 bridgehead atoms. The molecule has 1 atom stereocenters. The lowest BCUT2D eigenvalue weighted by Gasteiger charge is -2.36. The molecule has 102 valence electrons. The van der Waals surface area contributed by atoms with Gasteiger partial charge in [-0.2, -0.15) is 0 Å². The van der Waals surface area contributed by atoms with Crippen LogP contribution in [0.25, 0.3) is 0 Å². The van der Waals surface area contributed by atoms with Gasteiger partial charge in [-0.15, -0.1) is 0 Å². The maximum absolute atomic E-state index is 6.27. The summed E-state index contributed by atoms with van der Waals surface area (Å²) in [6, 6.07) is 0. The fourth-order valence-electron chi connectivity index (χ4n) is 2.78. The third-order valence-electron chi connectivity index (χ3n) is 4.52. The molecule has 1 saturated heterocycles. The molecule has 2 rings (SSSR count). The Hall–Kier alpha value is -0.315. The van der Waals surface area contributed by atoms with Crippen LogP contribution in [0.1, 0.15) is 47.0 Å². The smallest absolute Gasteiger partial charge is 0.400 e. The number of hydrogen-bond donors (Lipinski definition) is 0. The highest BCUT2D eigenvalue weighted by molar-refractivity contribution is 6.54. The Morgan fingerprint density at radius 1 is 1.33 bits per heavy atom. The van der Waals surface area contributed by atoms with E-state index in [4.69, 9.17) is 9.31 Å². The second-order valence-electron chi connectivity index (χ2n) is 6.35. The Bertz CT molecular complexity index is 343. The van der Waals surface area contributed by atoms with Gasteiger partial charge in [0.05, 0.1) is 11.2 Å². The molecule has 2 aliphatic heterocycles. The van der Waals surface area contributed by atoms with E-state index in [1.165, 1.54) is 5.47 Å². The number of likely N-dealkylation sites (N-methyl/N-ethyl adjacent to an activating group) is 1. The molecule has 3 nitrogen and oxygen atoms in total. The van der Waals surface area contributed by atoms with Crippen molar-refractivity contribution in [2.75, 3.05) is 20.1 Å². The van der Waals surface area contributed by atoms with Gasteiger partial charge in [-0.1, -0.05) is 19.4 Å². The molecule has 0 radical (unpaired) electrons. The van der Waals surface area contributed by atoms with Crippen molar-refractivity contribution in [2.24, 2.45) is 0 Å². The van der Waals surface area contributed by atoms with Gasteiger partial charge in [-0.3, -0.25) is 0 Å². The average Bonchev–Trinajstić information content (AvgIpc) is 2.51.